The van der Waals surface area contributed by atoms with Crippen LogP contribution in [0.4, 0.5) is 13.2 Å². The smallest absolute Gasteiger partial charge is 0.461 e. The summed E-state index contributed by atoms with van der Waals surface area (Å²) in [7, 11) is 0. The molecule has 1 rings (SSSR count). The molecule has 0 fully saturated rings. The summed E-state index contributed by atoms with van der Waals surface area (Å²) in [5, 5.41) is 0. The average Bonchev–Trinajstić information content (AvgIpc) is 2.30. The number of carbonyl (C=O) groups is 1. The third-order valence-corrected chi connectivity index (χ3v) is 2.12. The summed E-state index contributed by atoms with van der Waals surface area (Å²) in [6, 6.07) is 1.16. The van der Waals surface area contributed by atoms with Gasteiger partial charge in [-0.2, -0.15) is 0 Å². The van der Waals surface area contributed by atoms with E-state index >= 15 is 0 Å². The van der Waals surface area contributed by atoms with E-state index in [0.717, 1.165) is 6.07 Å². The molecule has 1 aromatic heterocycles. The number of esters is 1. The fourth-order valence-corrected chi connectivity index (χ4v) is 1.43. The Morgan fingerprint density at radius 2 is 2.11 bits per heavy atom. The molecule has 0 radical (unpaired) electrons. The third-order valence-electron chi connectivity index (χ3n) is 2.12. The standard InChI is InChI=1S/C11H13F3N2O3/c1-3-18-10(17)7-4-6(2)9(8(5-15)16-7)19-11(12,13)14/h4H,3,5,15H2,1-2H3. The fourth-order valence-electron chi connectivity index (χ4n) is 1.43. The van der Waals surface area contributed by atoms with Crippen LogP contribution in [0, 0.1) is 6.92 Å². The lowest BCUT2D eigenvalue weighted by atomic mass is 10.2. The quantitative estimate of drug-likeness (QED) is 0.852. The minimum atomic E-state index is -4.85. The Kier molecular flexibility index (Phi) is 4.71. The van der Waals surface area contributed by atoms with Gasteiger partial charge >= 0.3 is 12.3 Å². The van der Waals surface area contributed by atoms with Crippen molar-refractivity contribution in [3.8, 4) is 5.75 Å². The number of aromatic nitrogens is 1. The molecule has 0 aliphatic carbocycles. The van der Waals surface area contributed by atoms with Crippen LogP contribution in [0.2, 0.25) is 0 Å². The van der Waals surface area contributed by atoms with E-state index in [0.29, 0.717) is 0 Å². The SMILES string of the molecule is CCOC(=O)c1cc(C)c(OC(F)(F)F)c(CN)n1. The minimum Gasteiger partial charge on any atom is -0.461 e. The van der Waals surface area contributed by atoms with Crippen LogP contribution in [-0.4, -0.2) is 23.9 Å². The highest BCUT2D eigenvalue weighted by Crippen LogP contribution is 2.29. The molecule has 0 bridgehead atoms. The van der Waals surface area contributed by atoms with Crippen LogP contribution in [0.15, 0.2) is 6.07 Å². The van der Waals surface area contributed by atoms with E-state index in [1.165, 1.54) is 6.92 Å². The maximum Gasteiger partial charge on any atom is 0.573 e. The zero-order valence-electron chi connectivity index (χ0n) is 10.4. The predicted octanol–water partition coefficient (Wildman–Crippen LogP) is 1.92. The second-order valence-electron chi connectivity index (χ2n) is 3.57. The molecule has 2 N–H and O–H groups in total. The van der Waals surface area contributed by atoms with E-state index in [1.54, 1.807) is 6.92 Å². The molecule has 1 heterocycles. The Bertz CT molecular complexity index is 475. The van der Waals surface area contributed by atoms with Gasteiger partial charge < -0.3 is 15.2 Å². The highest BCUT2D eigenvalue weighted by Gasteiger charge is 2.33. The molecule has 0 spiro atoms. The van der Waals surface area contributed by atoms with Crippen LogP contribution in [0.5, 0.6) is 5.75 Å². The second kappa shape index (κ2) is 5.87. The van der Waals surface area contributed by atoms with E-state index < -0.39 is 18.1 Å². The molecule has 5 nitrogen and oxygen atoms in total. The first-order valence-electron chi connectivity index (χ1n) is 5.42. The van der Waals surface area contributed by atoms with Gasteiger partial charge in [0.1, 0.15) is 5.69 Å². The Morgan fingerprint density at radius 3 is 2.58 bits per heavy atom. The van der Waals surface area contributed by atoms with Crippen LogP contribution >= 0.6 is 0 Å². The zero-order valence-corrected chi connectivity index (χ0v) is 10.4. The van der Waals surface area contributed by atoms with Gasteiger partial charge in [0.05, 0.1) is 12.3 Å². The highest BCUT2D eigenvalue weighted by molar-refractivity contribution is 5.87. The van der Waals surface area contributed by atoms with E-state index in [-0.39, 0.29) is 30.1 Å². The van der Waals surface area contributed by atoms with Gasteiger partial charge in [-0.1, -0.05) is 0 Å². The summed E-state index contributed by atoms with van der Waals surface area (Å²) in [5.41, 5.74) is 5.17. The van der Waals surface area contributed by atoms with Crippen molar-refractivity contribution >= 4 is 5.97 Å². The molecule has 8 heteroatoms. The lowest BCUT2D eigenvalue weighted by molar-refractivity contribution is -0.275. The maximum atomic E-state index is 12.2. The third kappa shape index (κ3) is 4.09. The zero-order chi connectivity index (χ0) is 14.6. The minimum absolute atomic E-state index is 0.102. The molecule has 0 aliphatic heterocycles. The van der Waals surface area contributed by atoms with E-state index in [9.17, 15) is 18.0 Å². The number of halogens is 3. The van der Waals surface area contributed by atoms with Crippen LogP contribution in [0.1, 0.15) is 28.7 Å². The van der Waals surface area contributed by atoms with Crippen LogP contribution < -0.4 is 10.5 Å². The lowest BCUT2D eigenvalue weighted by Gasteiger charge is -2.15. The number of pyridine rings is 1. The predicted molar refractivity (Wildman–Crippen MR) is 59.5 cm³/mol. The van der Waals surface area contributed by atoms with Gasteiger partial charge in [0, 0.05) is 6.54 Å². The number of hydrogen-bond acceptors (Lipinski definition) is 5. The number of nitrogens with zero attached hydrogens (tertiary/aromatic N) is 1. The van der Waals surface area contributed by atoms with E-state index in [1.807, 2.05) is 0 Å². The normalized spacial score (nSPS) is 11.3. The summed E-state index contributed by atoms with van der Waals surface area (Å²) in [4.78, 5) is 15.2. The number of alkyl halides is 3. The van der Waals surface area contributed by atoms with Gasteiger partial charge in [-0.05, 0) is 25.5 Å². The number of aryl methyl sites for hydroxylation is 1. The summed E-state index contributed by atoms with van der Waals surface area (Å²) >= 11 is 0. The molecule has 0 aromatic carbocycles. The molecule has 1 aromatic rings. The summed E-state index contributed by atoms with van der Waals surface area (Å²) in [6.45, 7) is 2.82. The Hall–Kier alpha value is -1.83. The Balaban J connectivity index is 3.18. The number of nitrogens with two attached hydrogens (primary N) is 1. The first-order chi connectivity index (χ1) is 8.78. The maximum absolute atomic E-state index is 12.2. The van der Waals surface area contributed by atoms with Crippen molar-refractivity contribution < 1.29 is 27.4 Å². The number of ether oxygens (including phenoxy) is 2. The van der Waals surface area contributed by atoms with E-state index in [4.69, 9.17) is 10.5 Å². The van der Waals surface area contributed by atoms with Crippen LogP contribution in [0.3, 0.4) is 0 Å². The van der Waals surface area contributed by atoms with Crippen molar-refractivity contribution in [3.05, 3.63) is 23.0 Å². The van der Waals surface area contributed by atoms with Gasteiger partial charge in [0.25, 0.3) is 0 Å². The molecule has 0 atom stereocenters. The van der Waals surface area contributed by atoms with Crippen molar-refractivity contribution in [1.82, 2.24) is 4.98 Å². The molecule has 106 valence electrons. The average molecular weight is 278 g/mol. The summed E-state index contributed by atoms with van der Waals surface area (Å²) < 4.78 is 45.3. The number of hydrogen-bond donors (Lipinski definition) is 1. The second-order valence-corrected chi connectivity index (χ2v) is 3.57. The van der Waals surface area contributed by atoms with Crippen molar-refractivity contribution in [3.63, 3.8) is 0 Å². The van der Waals surface area contributed by atoms with Crippen molar-refractivity contribution in [2.75, 3.05) is 6.61 Å². The van der Waals surface area contributed by atoms with E-state index in [2.05, 4.69) is 9.72 Å². The number of rotatable bonds is 4. The van der Waals surface area contributed by atoms with Gasteiger partial charge in [-0.25, -0.2) is 9.78 Å². The van der Waals surface area contributed by atoms with Gasteiger partial charge in [0.15, 0.2) is 5.75 Å². The molecule has 0 saturated heterocycles. The fraction of sp³-hybridized carbons (Fsp3) is 0.455. The molecule has 0 aliphatic rings. The monoisotopic (exact) mass is 278 g/mol. The topological polar surface area (TPSA) is 74.4 Å². The van der Waals surface area contributed by atoms with Gasteiger partial charge in [0.2, 0.25) is 0 Å². The Morgan fingerprint density at radius 1 is 1.47 bits per heavy atom. The molecule has 0 amide bonds. The molecular formula is C11H13F3N2O3. The molecule has 0 saturated carbocycles. The molecular weight excluding hydrogens is 265 g/mol. The van der Waals surface area contributed by atoms with Crippen LogP contribution in [0.25, 0.3) is 0 Å². The largest absolute Gasteiger partial charge is 0.573 e. The molecule has 0 unspecified atom stereocenters. The molecule has 19 heavy (non-hydrogen) atoms. The van der Waals surface area contributed by atoms with Gasteiger partial charge in [-0.15, -0.1) is 13.2 Å². The first-order valence-corrected chi connectivity index (χ1v) is 5.42. The van der Waals surface area contributed by atoms with Crippen molar-refractivity contribution in [2.45, 2.75) is 26.8 Å². The lowest BCUT2D eigenvalue weighted by Crippen LogP contribution is -2.21. The summed E-state index contributed by atoms with van der Waals surface area (Å²) in [5.74, 6) is -1.21. The van der Waals surface area contributed by atoms with Crippen molar-refractivity contribution in [1.29, 1.82) is 0 Å². The van der Waals surface area contributed by atoms with Crippen molar-refractivity contribution in [2.24, 2.45) is 5.73 Å². The Labute approximate surface area is 107 Å². The first kappa shape index (κ1) is 15.2. The van der Waals surface area contributed by atoms with Gasteiger partial charge in [-0.3, -0.25) is 0 Å². The van der Waals surface area contributed by atoms with Crippen LogP contribution in [-0.2, 0) is 11.3 Å². The highest BCUT2D eigenvalue weighted by atomic mass is 19.4. The number of carbonyl (C=O) groups excluding carboxylic acids is 1. The summed E-state index contributed by atoms with van der Waals surface area (Å²) in [6.07, 6.45) is -4.85.